The minimum Gasteiger partial charge on any atom is -0.378 e. The van der Waals surface area contributed by atoms with Crippen molar-refractivity contribution in [2.45, 2.75) is 39.8 Å². The van der Waals surface area contributed by atoms with Crippen molar-refractivity contribution >= 4 is 11.6 Å². The SMILES string of the molecule is CC(C)N(C(=O)c1ccc(N(C)C)cc1)C(C)C. The highest BCUT2D eigenvalue weighted by Gasteiger charge is 2.21. The maximum atomic E-state index is 12.4. The van der Waals surface area contributed by atoms with E-state index >= 15 is 0 Å². The van der Waals surface area contributed by atoms with Crippen LogP contribution in [-0.2, 0) is 0 Å². The third-order valence-corrected chi connectivity index (χ3v) is 2.98. The van der Waals surface area contributed by atoms with Gasteiger partial charge in [0.15, 0.2) is 0 Å². The van der Waals surface area contributed by atoms with Gasteiger partial charge in [0.1, 0.15) is 0 Å². The molecule has 3 nitrogen and oxygen atoms in total. The van der Waals surface area contributed by atoms with Gasteiger partial charge in [-0.2, -0.15) is 0 Å². The number of carbonyl (C=O) groups is 1. The van der Waals surface area contributed by atoms with E-state index in [0.717, 1.165) is 11.3 Å². The molecule has 0 fully saturated rings. The predicted octanol–water partition coefficient (Wildman–Crippen LogP) is 3.01. The molecule has 1 rings (SSSR count). The second-order valence-electron chi connectivity index (χ2n) is 5.34. The van der Waals surface area contributed by atoms with Crippen molar-refractivity contribution in [2.75, 3.05) is 19.0 Å². The third-order valence-electron chi connectivity index (χ3n) is 2.98. The quantitative estimate of drug-likeness (QED) is 0.817. The fourth-order valence-corrected chi connectivity index (χ4v) is 2.12. The first-order valence-electron chi connectivity index (χ1n) is 6.44. The van der Waals surface area contributed by atoms with Crippen molar-refractivity contribution < 1.29 is 4.79 Å². The summed E-state index contributed by atoms with van der Waals surface area (Å²) >= 11 is 0. The Bertz CT molecular complexity index is 385. The van der Waals surface area contributed by atoms with Gasteiger partial charge in [0.05, 0.1) is 0 Å². The average molecular weight is 248 g/mol. The first kappa shape index (κ1) is 14.6. The smallest absolute Gasteiger partial charge is 0.254 e. The van der Waals surface area contributed by atoms with E-state index in [9.17, 15) is 4.79 Å². The minimum atomic E-state index is 0.102. The lowest BCUT2D eigenvalue weighted by Crippen LogP contribution is -2.42. The Morgan fingerprint density at radius 3 is 1.72 bits per heavy atom. The molecule has 0 aromatic heterocycles. The molecule has 1 aromatic rings. The molecule has 0 unspecified atom stereocenters. The molecule has 1 aromatic carbocycles. The molecule has 3 heteroatoms. The number of rotatable bonds is 4. The van der Waals surface area contributed by atoms with Gasteiger partial charge < -0.3 is 9.80 Å². The van der Waals surface area contributed by atoms with Crippen molar-refractivity contribution in [3.63, 3.8) is 0 Å². The standard InChI is InChI=1S/C15H24N2O/c1-11(2)17(12(3)4)15(18)13-7-9-14(10-8-13)16(5)6/h7-12H,1-6H3. The molecule has 0 spiro atoms. The average Bonchev–Trinajstić information content (AvgIpc) is 2.28. The van der Waals surface area contributed by atoms with Gasteiger partial charge in [0, 0.05) is 37.4 Å². The summed E-state index contributed by atoms with van der Waals surface area (Å²) in [5, 5.41) is 0. The van der Waals surface area contributed by atoms with Crippen molar-refractivity contribution in [3.8, 4) is 0 Å². The van der Waals surface area contributed by atoms with E-state index in [2.05, 4.69) is 0 Å². The van der Waals surface area contributed by atoms with E-state index in [0.29, 0.717) is 0 Å². The van der Waals surface area contributed by atoms with Crippen LogP contribution >= 0.6 is 0 Å². The highest BCUT2D eigenvalue weighted by Crippen LogP contribution is 2.16. The number of hydrogen-bond donors (Lipinski definition) is 0. The molecule has 0 aliphatic heterocycles. The lowest BCUT2D eigenvalue weighted by Gasteiger charge is -2.31. The number of benzene rings is 1. The van der Waals surface area contributed by atoms with Crippen LogP contribution in [0.15, 0.2) is 24.3 Å². The molecule has 18 heavy (non-hydrogen) atoms. The van der Waals surface area contributed by atoms with Gasteiger partial charge in [-0.15, -0.1) is 0 Å². The van der Waals surface area contributed by atoms with Crippen LogP contribution in [0.1, 0.15) is 38.1 Å². The van der Waals surface area contributed by atoms with Gasteiger partial charge in [-0.05, 0) is 52.0 Å². The van der Waals surface area contributed by atoms with Gasteiger partial charge >= 0.3 is 0 Å². The zero-order valence-corrected chi connectivity index (χ0v) is 12.3. The van der Waals surface area contributed by atoms with Crippen LogP contribution in [0.25, 0.3) is 0 Å². The molecule has 0 radical (unpaired) electrons. The van der Waals surface area contributed by atoms with Crippen LogP contribution in [0.5, 0.6) is 0 Å². The fourth-order valence-electron chi connectivity index (χ4n) is 2.12. The Balaban J connectivity index is 2.95. The highest BCUT2D eigenvalue weighted by molar-refractivity contribution is 5.95. The Hall–Kier alpha value is -1.51. The topological polar surface area (TPSA) is 23.6 Å². The summed E-state index contributed by atoms with van der Waals surface area (Å²) in [6, 6.07) is 8.18. The summed E-state index contributed by atoms with van der Waals surface area (Å²) < 4.78 is 0. The molecule has 0 heterocycles. The Morgan fingerprint density at radius 2 is 1.39 bits per heavy atom. The zero-order valence-electron chi connectivity index (χ0n) is 12.3. The Kier molecular flexibility index (Phi) is 4.76. The van der Waals surface area contributed by atoms with Crippen molar-refractivity contribution in [3.05, 3.63) is 29.8 Å². The van der Waals surface area contributed by atoms with Crippen LogP contribution in [-0.4, -0.2) is 37.0 Å². The predicted molar refractivity (Wildman–Crippen MR) is 77.2 cm³/mol. The van der Waals surface area contributed by atoms with Crippen molar-refractivity contribution in [1.29, 1.82) is 0 Å². The summed E-state index contributed by atoms with van der Waals surface area (Å²) in [7, 11) is 3.98. The van der Waals surface area contributed by atoms with Crippen LogP contribution in [0.2, 0.25) is 0 Å². The first-order chi connectivity index (χ1) is 8.34. The summed E-state index contributed by atoms with van der Waals surface area (Å²) in [6.07, 6.45) is 0. The zero-order chi connectivity index (χ0) is 13.9. The maximum absolute atomic E-state index is 12.4. The van der Waals surface area contributed by atoms with Crippen LogP contribution in [0.3, 0.4) is 0 Å². The van der Waals surface area contributed by atoms with Crippen LogP contribution < -0.4 is 4.90 Å². The molecule has 0 saturated heterocycles. The summed E-state index contributed by atoms with van der Waals surface area (Å²) in [4.78, 5) is 16.4. The molecule has 0 aliphatic rings. The molecule has 0 bridgehead atoms. The second-order valence-corrected chi connectivity index (χ2v) is 5.34. The number of hydrogen-bond acceptors (Lipinski definition) is 2. The van der Waals surface area contributed by atoms with E-state index in [1.807, 2.05) is 75.9 Å². The fraction of sp³-hybridized carbons (Fsp3) is 0.533. The van der Waals surface area contributed by atoms with Crippen LogP contribution in [0, 0.1) is 0 Å². The van der Waals surface area contributed by atoms with E-state index < -0.39 is 0 Å². The first-order valence-corrected chi connectivity index (χ1v) is 6.44. The van der Waals surface area contributed by atoms with E-state index in [1.54, 1.807) is 0 Å². The number of anilines is 1. The maximum Gasteiger partial charge on any atom is 0.254 e. The minimum absolute atomic E-state index is 0.102. The molecule has 0 N–H and O–H groups in total. The van der Waals surface area contributed by atoms with Gasteiger partial charge in [0.25, 0.3) is 5.91 Å². The van der Waals surface area contributed by atoms with Crippen LogP contribution in [0.4, 0.5) is 5.69 Å². The van der Waals surface area contributed by atoms with Gasteiger partial charge in [-0.25, -0.2) is 0 Å². The Morgan fingerprint density at radius 1 is 0.944 bits per heavy atom. The van der Waals surface area contributed by atoms with Crippen molar-refractivity contribution in [2.24, 2.45) is 0 Å². The normalized spacial score (nSPS) is 10.9. The molecule has 100 valence electrons. The van der Waals surface area contributed by atoms with Gasteiger partial charge in [0.2, 0.25) is 0 Å². The molecule has 1 amide bonds. The monoisotopic (exact) mass is 248 g/mol. The molecule has 0 aliphatic carbocycles. The van der Waals surface area contributed by atoms with Gasteiger partial charge in [-0.3, -0.25) is 4.79 Å². The highest BCUT2D eigenvalue weighted by atomic mass is 16.2. The Labute approximate surface area is 110 Å². The second kappa shape index (κ2) is 5.89. The van der Waals surface area contributed by atoms with E-state index in [4.69, 9.17) is 0 Å². The van der Waals surface area contributed by atoms with E-state index in [1.165, 1.54) is 0 Å². The van der Waals surface area contributed by atoms with E-state index in [-0.39, 0.29) is 18.0 Å². The van der Waals surface area contributed by atoms with Crippen molar-refractivity contribution in [1.82, 2.24) is 4.90 Å². The summed E-state index contributed by atoms with van der Waals surface area (Å²) in [5.74, 6) is 0.102. The molecular weight excluding hydrogens is 224 g/mol. The largest absolute Gasteiger partial charge is 0.378 e. The summed E-state index contributed by atoms with van der Waals surface area (Å²) in [5.41, 5.74) is 1.86. The summed E-state index contributed by atoms with van der Waals surface area (Å²) in [6.45, 7) is 8.19. The number of carbonyl (C=O) groups excluding carboxylic acids is 1. The number of nitrogens with zero attached hydrogens (tertiary/aromatic N) is 2. The molecule has 0 saturated carbocycles. The lowest BCUT2D eigenvalue weighted by atomic mass is 10.1. The third kappa shape index (κ3) is 3.25. The van der Waals surface area contributed by atoms with Gasteiger partial charge in [-0.1, -0.05) is 0 Å². The lowest BCUT2D eigenvalue weighted by molar-refractivity contribution is 0.0644. The molecular formula is C15H24N2O. The molecule has 0 atom stereocenters. The number of amides is 1.